The SMILES string of the molecule is C=CCN(C(=O)OC)c1ccccc1[N+]#N.F[B-](F)(F)F. The van der Waals surface area contributed by atoms with Gasteiger partial charge in [0.2, 0.25) is 5.39 Å². The zero-order valence-corrected chi connectivity index (χ0v) is 11.0. The fraction of sp³-hybridized carbons (Fsp3) is 0.182. The normalized spacial score (nSPS) is 9.71. The second kappa shape index (κ2) is 8.57. The summed E-state index contributed by atoms with van der Waals surface area (Å²) in [7, 11) is -4.71. The molecule has 1 rings (SSSR count). The van der Waals surface area contributed by atoms with Crippen LogP contribution in [-0.2, 0) is 4.74 Å². The number of anilines is 1. The maximum atomic E-state index is 11.5. The molecule has 0 unspecified atom stereocenters. The summed E-state index contributed by atoms with van der Waals surface area (Å²) in [4.78, 5) is 15.9. The molecule has 0 bridgehead atoms. The van der Waals surface area contributed by atoms with Crippen LogP contribution in [0.3, 0.4) is 0 Å². The number of nitrogens with zero attached hydrogens (tertiary/aromatic N) is 3. The second-order valence-electron chi connectivity index (χ2n) is 3.45. The minimum atomic E-state index is -6.00. The van der Waals surface area contributed by atoms with Gasteiger partial charge in [-0.2, -0.15) is 0 Å². The number of diazo groups is 1. The highest BCUT2D eigenvalue weighted by atomic mass is 19.5. The van der Waals surface area contributed by atoms with E-state index in [4.69, 9.17) is 5.39 Å². The summed E-state index contributed by atoms with van der Waals surface area (Å²) >= 11 is 0. The minimum absolute atomic E-state index is 0.277. The molecular weight excluding hydrogens is 293 g/mol. The highest BCUT2D eigenvalue weighted by Crippen LogP contribution is 2.28. The lowest BCUT2D eigenvalue weighted by Gasteiger charge is -2.17. The first-order valence-electron chi connectivity index (χ1n) is 5.52. The van der Waals surface area contributed by atoms with Gasteiger partial charge in [-0.05, 0) is 6.07 Å². The Morgan fingerprint density at radius 2 is 1.95 bits per heavy atom. The van der Waals surface area contributed by atoms with E-state index in [-0.39, 0.29) is 6.54 Å². The third-order valence-corrected chi connectivity index (χ3v) is 1.99. The quantitative estimate of drug-likeness (QED) is 0.363. The first-order valence-corrected chi connectivity index (χ1v) is 5.52. The van der Waals surface area contributed by atoms with E-state index in [0.29, 0.717) is 11.4 Å². The van der Waals surface area contributed by atoms with Crippen molar-refractivity contribution in [2.75, 3.05) is 18.6 Å². The Kier molecular flexibility index (Phi) is 7.53. The number of carbonyl (C=O) groups excluding carboxylic acids is 1. The lowest BCUT2D eigenvalue weighted by Crippen LogP contribution is -2.30. The molecule has 0 aliphatic carbocycles. The van der Waals surface area contributed by atoms with E-state index in [1.165, 1.54) is 12.0 Å². The first-order chi connectivity index (χ1) is 9.74. The highest BCUT2D eigenvalue weighted by Gasteiger charge is 2.23. The third kappa shape index (κ3) is 7.56. The largest absolute Gasteiger partial charge is 0.673 e. The van der Waals surface area contributed by atoms with Crippen LogP contribution in [-0.4, -0.2) is 27.0 Å². The topological polar surface area (TPSA) is 57.7 Å². The van der Waals surface area contributed by atoms with Crippen LogP contribution >= 0.6 is 0 Å². The molecule has 0 fully saturated rings. The number of benzene rings is 1. The lowest BCUT2D eigenvalue weighted by atomic mass is 10.2. The minimum Gasteiger partial charge on any atom is -0.452 e. The molecule has 0 aromatic heterocycles. The molecule has 0 heterocycles. The molecule has 0 spiro atoms. The van der Waals surface area contributed by atoms with Crippen LogP contribution < -0.4 is 4.90 Å². The van der Waals surface area contributed by atoms with Gasteiger partial charge in [0.25, 0.3) is 0 Å². The number of para-hydroxylation sites is 1. The van der Waals surface area contributed by atoms with E-state index in [1.54, 1.807) is 30.3 Å². The van der Waals surface area contributed by atoms with E-state index < -0.39 is 13.3 Å². The molecule has 1 amide bonds. The number of ether oxygens (including phenoxy) is 1. The lowest BCUT2D eigenvalue weighted by molar-refractivity contribution is 0.179. The van der Waals surface area contributed by atoms with Gasteiger partial charge in [0.15, 0.2) is 4.98 Å². The van der Waals surface area contributed by atoms with Gasteiger partial charge >= 0.3 is 19.0 Å². The molecule has 0 saturated carbocycles. The zero-order valence-electron chi connectivity index (χ0n) is 11.0. The summed E-state index contributed by atoms with van der Waals surface area (Å²) in [5.74, 6) is 0. The van der Waals surface area contributed by atoms with Crippen molar-refractivity contribution < 1.29 is 26.8 Å². The van der Waals surface area contributed by atoms with E-state index >= 15 is 0 Å². The molecule has 1 aromatic rings. The summed E-state index contributed by atoms with van der Waals surface area (Å²) in [5, 5.41) is 8.81. The van der Waals surface area contributed by atoms with Crippen molar-refractivity contribution in [3.63, 3.8) is 0 Å². The molecule has 114 valence electrons. The van der Waals surface area contributed by atoms with Crippen LogP contribution in [0.15, 0.2) is 36.9 Å². The van der Waals surface area contributed by atoms with Gasteiger partial charge in [0.05, 0.1) is 7.11 Å². The summed E-state index contributed by atoms with van der Waals surface area (Å²) in [6, 6.07) is 6.70. The van der Waals surface area contributed by atoms with Crippen molar-refractivity contribution in [2.45, 2.75) is 0 Å². The number of carbonyl (C=O) groups is 1. The smallest absolute Gasteiger partial charge is 0.452 e. The molecule has 0 saturated heterocycles. The van der Waals surface area contributed by atoms with Crippen LogP contribution in [0.1, 0.15) is 0 Å². The number of amides is 1. The van der Waals surface area contributed by atoms with Gasteiger partial charge in [-0.25, -0.2) is 4.79 Å². The predicted octanol–water partition coefficient (Wildman–Crippen LogP) is 4.23. The first kappa shape index (κ1) is 18.4. The van der Waals surface area contributed by atoms with Gasteiger partial charge in [-0.3, -0.25) is 4.90 Å². The Morgan fingerprint density at radius 1 is 1.43 bits per heavy atom. The van der Waals surface area contributed by atoms with Crippen LogP contribution in [0, 0.1) is 5.39 Å². The zero-order chi connectivity index (χ0) is 16.5. The Hall–Kier alpha value is -2.57. The molecule has 0 atom stereocenters. The number of halogens is 4. The van der Waals surface area contributed by atoms with E-state index in [2.05, 4.69) is 16.3 Å². The number of rotatable bonds is 3. The fourth-order valence-electron chi connectivity index (χ4n) is 1.29. The molecule has 5 nitrogen and oxygen atoms in total. The Labute approximate surface area is 118 Å². The van der Waals surface area contributed by atoms with Gasteiger partial charge in [0, 0.05) is 12.6 Å². The third-order valence-electron chi connectivity index (χ3n) is 1.99. The van der Waals surface area contributed by atoms with Crippen molar-refractivity contribution in [1.82, 2.24) is 0 Å². The van der Waals surface area contributed by atoms with E-state index in [0.717, 1.165) is 0 Å². The molecule has 0 N–H and O–H groups in total. The summed E-state index contributed by atoms with van der Waals surface area (Å²) in [6.45, 7) is 3.83. The Morgan fingerprint density at radius 3 is 2.38 bits per heavy atom. The summed E-state index contributed by atoms with van der Waals surface area (Å²) in [6.07, 6.45) is 1.03. The maximum Gasteiger partial charge on any atom is 0.673 e. The fourth-order valence-corrected chi connectivity index (χ4v) is 1.29. The molecule has 0 aliphatic rings. The predicted molar refractivity (Wildman–Crippen MR) is 71.3 cm³/mol. The summed E-state index contributed by atoms with van der Waals surface area (Å²) in [5.41, 5.74) is 0.770. The molecule has 21 heavy (non-hydrogen) atoms. The number of hydrogen-bond donors (Lipinski definition) is 0. The van der Waals surface area contributed by atoms with Gasteiger partial charge in [-0.1, -0.05) is 18.2 Å². The van der Waals surface area contributed by atoms with E-state index in [9.17, 15) is 22.1 Å². The van der Waals surface area contributed by atoms with Gasteiger partial charge in [-0.15, -0.1) is 6.58 Å². The van der Waals surface area contributed by atoms with Gasteiger partial charge in [0.1, 0.15) is 5.69 Å². The van der Waals surface area contributed by atoms with E-state index in [1.807, 2.05) is 0 Å². The Bertz CT molecular complexity index is 525. The Balaban J connectivity index is 0.000000690. The average Bonchev–Trinajstić information content (AvgIpc) is 2.42. The van der Waals surface area contributed by atoms with Crippen molar-refractivity contribution >= 4 is 24.7 Å². The van der Waals surface area contributed by atoms with Crippen molar-refractivity contribution in [3.8, 4) is 0 Å². The average molecular weight is 305 g/mol. The number of methoxy groups -OCH3 is 1. The monoisotopic (exact) mass is 305 g/mol. The van der Waals surface area contributed by atoms with Crippen LogP contribution in [0.4, 0.5) is 33.4 Å². The molecular formula is C11H12BF4N3O2. The number of hydrogen-bond acceptors (Lipinski definition) is 3. The molecule has 0 aliphatic heterocycles. The van der Waals surface area contributed by atoms with Crippen molar-refractivity contribution in [1.29, 1.82) is 5.39 Å². The highest BCUT2D eigenvalue weighted by molar-refractivity contribution is 6.50. The summed E-state index contributed by atoms with van der Waals surface area (Å²) < 4.78 is 43.6. The standard InChI is InChI=1S/C11H12N3O2.BF4/c1-3-8-14(11(15)16-2)10-7-5-4-6-9(10)13-12;2-1(3,4)5/h3-7H,1,8H2,2H3;/q+1;-1. The second-order valence-corrected chi connectivity index (χ2v) is 3.45. The van der Waals surface area contributed by atoms with Gasteiger partial charge < -0.3 is 22.0 Å². The van der Waals surface area contributed by atoms with Crippen LogP contribution in [0.2, 0.25) is 0 Å². The molecule has 0 radical (unpaired) electrons. The van der Waals surface area contributed by atoms with Crippen LogP contribution in [0.5, 0.6) is 0 Å². The van der Waals surface area contributed by atoms with Crippen molar-refractivity contribution in [3.05, 3.63) is 41.9 Å². The molecule has 1 aromatic carbocycles. The van der Waals surface area contributed by atoms with Crippen LogP contribution in [0.25, 0.3) is 4.98 Å². The molecule has 10 heteroatoms. The maximum absolute atomic E-state index is 11.5. The van der Waals surface area contributed by atoms with Crippen molar-refractivity contribution in [2.24, 2.45) is 0 Å².